The Morgan fingerprint density at radius 3 is 2.45 bits per heavy atom. The monoisotopic (exact) mass is 281 g/mol. The molecule has 0 bridgehead atoms. The van der Waals surface area contributed by atoms with Crippen molar-refractivity contribution in [3.05, 3.63) is 12.3 Å². The lowest BCUT2D eigenvalue weighted by Crippen LogP contribution is -2.41. The molecular weight excluding hydrogens is 262 g/mol. The van der Waals surface area contributed by atoms with Crippen LogP contribution < -0.4 is 0 Å². The molecule has 6 nitrogen and oxygen atoms in total. The predicted octanol–water partition coefficient (Wildman–Crippen LogP) is 1.90. The summed E-state index contributed by atoms with van der Waals surface area (Å²) in [5.74, 6) is -2.99. The quantitative estimate of drug-likeness (QED) is 0.661. The second-order valence-electron chi connectivity index (χ2n) is 4.98. The Hall–Kier alpha value is -1.98. The average Bonchev–Trinajstić information content (AvgIpc) is 2.38. The number of rotatable bonds is 8. The molecule has 1 heterocycles. The zero-order valence-corrected chi connectivity index (χ0v) is 11.4. The van der Waals surface area contributed by atoms with Gasteiger partial charge < -0.3 is 10.2 Å². The predicted molar refractivity (Wildman–Crippen MR) is 72.6 cm³/mol. The largest absolute Gasteiger partial charge is 0.481 e. The maximum Gasteiger partial charge on any atom is 0.307 e. The van der Waals surface area contributed by atoms with Gasteiger partial charge in [-0.15, -0.1) is 0 Å². The van der Waals surface area contributed by atoms with E-state index in [1.165, 1.54) is 13.1 Å². The zero-order chi connectivity index (χ0) is 15.2. The Bertz CT molecular complexity index is 454. The van der Waals surface area contributed by atoms with Crippen LogP contribution >= 0.6 is 0 Å². The topological polar surface area (TPSA) is 104 Å². The fraction of sp³-hybridized carbons (Fsp3) is 0.571. The average molecular weight is 281 g/mol. The van der Waals surface area contributed by atoms with E-state index in [0.717, 1.165) is 0 Å². The number of hydrogen-bond acceptors (Lipinski definition) is 4. The number of carboxylic acid groups (broad SMARTS) is 2. The fourth-order valence-electron chi connectivity index (χ4n) is 2.50. The van der Waals surface area contributed by atoms with Gasteiger partial charge in [0.15, 0.2) is 0 Å². The van der Waals surface area contributed by atoms with Crippen LogP contribution in [0.2, 0.25) is 0 Å². The first-order chi connectivity index (χ1) is 9.40. The van der Waals surface area contributed by atoms with E-state index in [0.29, 0.717) is 12.8 Å². The van der Waals surface area contributed by atoms with E-state index in [9.17, 15) is 19.5 Å². The highest BCUT2D eigenvalue weighted by molar-refractivity contribution is 5.93. The summed E-state index contributed by atoms with van der Waals surface area (Å²) in [5, 5.41) is 18.0. The van der Waals surface area contributed by atoms with Gasteiger partial charge in [0, 0.05) is 18.8 Å². The molecule has 2 unspecified atom stereocenters. The lowest BCUT2D eigenvalue weighted by atomic mass is 9.68. The third-order valence-electron chi connectivity index (χ3n) is 3.70. The van der Waals surface area contributed by atoms with Crippen molar-refractivity contribution in [3.63, 3.8) is 0 Å². The molecule has 1 aliphatic rings. The number of allylic oxidation sites excluding steroid dienone is 1. The lowest BCUT2D eigenvalue weighted by molar-refractivity contribution is -0.149. The first-order valence-corrected chi connectivity index (χ1v) is 6.55. The molecule has 1 rings (SSSR count). The first kappa shape index (κ1) is 16.1. The van der Waals surface area contributed by atoms with Crippen molar-refractivity contribution in [2.45, 2.75) is 39.0 Å². The maximum absolute atomic E-state index is 11.9. The van der Waals surface area contributed by atoms with E-state index < -0.39 is 23.3 Å². The number of carbonyl (C=O) groups excluding carboxylic acids is 1. The van der Waals surface area contributed by atoms with Gasteiger partial charge >= 0.3 is 11.9 Å². The molecule has 0 aromatic rings. The van der Waals surface area contributed by atoms with E-state index in [2.05, 4.69) is 4.99 Å². The number of Topliss-reactive ketones (excluding diaryl/α,β-unsaturated/α-hetero) is 1. The van der Waals surface area contributed by atoms with E-state index in [1.54, 1.807) is 12.3 Å². The summed E-state index contributed by atoms with van der Waals surface area (Å²) in [5.41, 5.74) is -1.06. The molecule has 0 aliphatic carbocycles. The van der Waals surface area contributed by atoms with Crippen molar-refractivity contribution in [3.8, 4) is 0 Å². The SMILES string of the molecule is CC(=O)C1(C(CCCCC(=O)O)C(=O)O)C=CN=CC1. The van der Waals surface area contributed by atoms with Gasteiger partial charge in [-0.05, 0) is 26.2 Å². The van der Waals surface area contributed by atoms with Gasteiger partial charge in [0.1, 0.15) is 5.78 Å². The van der Waals surface area contributed by atoms with E-state index in [4.69, 9.17) is 5.11 Å². The summed E-state index contributed by atoms with van der Waals surface area (Å²) < 4.78 is 0. The minimum atomic E-state index is -1.06. The number of nitrogens with zero attached hydrogens (tertiary/aromatic N) is 1. The van der Waals surface area contributed by atoms with Crippen molar-refractivity contribution in [2.75, 3.05) is 0 Å². The van der Waals surface area contributed by atoms with Crippen LogP contribution in [0.5, 0.6) is 0 Å². The van der Waals surface area contributed by atoms with Crippen LogP contribution in [-0.2, 0) is 14.4 Å². The molecule has 0 aromatic heterocycles. The van der Waals surface area contributed by atoms with Crippen molar-refractivity contribution in [2.24, 2.45) is 16.3 Å². The number of ketones is 1. The van der Waals surface area contributed by atoms with Crippen LogP contribution in [0, 0.1) is 11.3 Å². The summed E-state index contributed by atoms with van der Waals surface area (Å²) in [6, 6.07) is 0. The number of carboxylic acids is 2. The minimum absolute atomic E-state index is 0.0106. The Morgan fingerprint density at radius 1 is 1.30 bits per heavy atom. The minimum Gasteiger partial charge on any atom is -0.481 e. The zero-order valence-electron chi connectivity index (χ0n) is 11.4. The van der Waals surface area contributed by atoms with Gasteiger partial charge in [-0.1, -0.05) is 12.5 Å². The standard InChI is InChI=1S/C14H19NO5/c1-10(16)14(6-8-15-9-7-14)11(13(19)20)4-2-3-5-12(17)18/h6,8-9,11H,2-5,7H2,1H3,(H,17,18)(H,19,20). The van der Waals surface area contributed by atoms with Gasteiger partial charge in [-0.25, -0.2) is 0 Å². The van der Waals surface area contributed by atoms with Gasteiger partial charge in [-0.2, -0.15) is 0 Å². The molecule has 0 saturated carbocycles. The summed E-state index contributed by atoms with van der Waals surface area (Å²) in [4.78, 5) is 37.8. The van der Waals surface area contributed by atoms with Crippen LogP contribution in [0.15, 0.2) is 17.3 Å². The van der Waals surface area contributed by atoms with E-state index >= 15 is 0 Å². The number of aliphatic imine (C=N–C) groups is 1. The van der Waals surface area contributed by atoms with Crippen LogP contribution in [-0.4, -0.2) is 34.1 Å². The molecule has 0 saturated heterocycles. The highest BCUT2D eigenvalue weighted by Crippen LogP contribution is 2.39. The molecule has 20 heavy (non-hydrogen) atoms. The Balaban J connectivity index is 2.80. The molecular formula is C14H19NO5. The fourth-order valence-corrected chi connectivity index (χ4v) is 2.50. The van der Waals surface area contributed by atoms with Crippen LogP contribution in [0.25, 0.3) is 0 Å². The Labute approximate surface area is 117 Å². The third-order valence-corrected chi connectivity index (χ3v) is 3.70. The summed E-state index contributed by atoms with van der Waals surface area (Å²) in [7, 11) is 0. The molecule has 0 amide bonds. The molecule has 2 atom stereocenters. The molecule has 2 N–H and O–H groups in total. The third kappa shape index (κ3) is 3.76. The van der Waals surface area contributed by atoms with Crippen LogP contribution in [0.1, 0.15) is 39.0 Å². The first-order valence-electron chi connectivity index (χ1n) is 6.55. The van der Waals surface area contributed by atoms with Gasteiger partial charge in [0.25, 0.3) is 0 Å². The lowest BCUT2D eigenvalue weighted by Gasteiger charge is -2.34. The Kier molecular flexibility index (Phi) is 5.61. The van der Waals surface area contributed by atoms with E-state index in [-0.39, 0.29) is 25.0 Å². The van der Waals surface area contributed by atoms with Gasteiger partial charge in [-0.3, -0.25) is 19.4 Å². The van der Waals surface area contributed by atoms with Crippen molar-refractivity contribution >= 4 is 23.9 Å². The summed E-state index contributed by atoms with van der Waals surface area (Å²) in [6.45, 7) is 1.39. The Morgan fingerprint density at radius 2 is 2.00 bits per heavy atom. The van der Waals surface area contributed by atoms with Crippen LogP contribution in [0.4, 0.5) is 0 Å². The molecule has 0 radical (unpaired) electrons. The number of aliphatic carboxylic acids is 2. The molecule has 0 fully saturated rings. The molecule has 110 valence electrons. The number of carbonyl (C=O) groups is 3. The van der Waals surface area contributed by atoms with E-state index in [1.807, 2.05) is 0 Å². The smallest absolute Gasteiger partial charge is 0.307 e. The summed E-state index contributed by atoms with van der Waals surface area (Å²) in [6.07, 6.45) is 6.00. The second kappa shape index (κ2) is 6.98. The van der Waals surface area contributed by atoms with Crippen molar-refractivity contribution in [1.82, 2.24) is 0 Å². The van der Waals surface area contributed by atoms with Crippen LogP contribution in [0.3, 0.4) is 0 Å². The normalized spacial score (nSPS) is 22.4. The molecule has 6 heteroatoms. The second-order valence-corrected chi connectivity index (χ2v) is 4.98. The molecule has 1 aliphatic heterocycles. The highest BCUT2D eigenvalue weighted by atomic mass is 16.4. The summed E-state index contributed by atoms with van der Waals surface area (Å²) >= 11 is 0. The maximum atomic E-state index is 11.9. The van der Waals surface area contributed by atoms with Gasteiger partial charge in [0.05, 0.1) is 11.3 Å². The van der Waals surface area contributed by atoms with Gasteiger partial charge in [0.2, 0.25) is 0 Å². The van der Waals surface area contributed by atoms with Crippen molar-refractivity contribution < 1.29 is 24.6 Å². The molecule has 0 spiro atoms. The van der Waals surface area contributed by atoms with Crippen molar-refractivity contribution in [1.29, 1.82) is 0 Å². The highest BCUT2D eigenvalue weighted by Gasteiger charge is 2.44. The number of unbranched alkanes of at least 4 members (excludes halogenated alkanes) is 1. The number of hydrogen-bond donors (Lipinski definition) is 2. The molecule has 0 aromatic carbocycles.